The molecule has 8 heteroatoms. The number of phenols is 1. The Morgan fingerprint density at radius 3 is 2.66 bits per heavy atom. The number of benzene rings is 1. The lowest BCUT2D eigenvalue weighted by Gasteiger charge is -2.67. The molecule has 0 aromatic heterocycles. The summed E-state index contributed by atoms with van der Waals surface area (Å²) >= 11 is 0. The number of methoxy groups -OCH3 is 2. The molecule has 3 fully saturated rings. The fraction of sp³-hybridized carbons (Fsp3) is 0.630. The number of nitrogens with one attached hydrogen (secondary N) is 1. The third-order valence-corrected chi connectivity index (χ3v) is 9.15. The zero-order valence-corrected chi connectivity index (χ0v) is 20.8. The summed E-state index contributed by atoms with van der Waals surface area (Å²) in [6.45, 7) is 3.96. The van der Waals surface area contributed by atoms with Crippen LogP contribution in [0.4, 0.5) is 0 Å². The number of phenolic OH excluding ortho intramolecular Hbond substituents is 1. The van der Waals surface area contributed by atoms with Crippen molar-refractivity contribution in [2.75, 3.05) is 27.3 Å². The maximum atomic E-state index is 12.7. The van der Waals surface area contributed by atoms with E-state index in [0.29, 0.717) is 31.4 Å². The van der Waals surface area contributed by atoms with Crippen LogP contribution in [0.5, 0.6) is 11.5 Å². The molecule has 5 atom stereocenters. The van der Waals surface area contributed by atoms with Gasteiger partial charge in [0.2, 0.25) is 5.91 Å². The van der Waals surface area contributed by atoms with Gasteiger partial charge < -0.3 is 25.0 Å². The van der Waals surface area contributed by atoms with Crippen LogP contribution in [-0.4, -0.2) is 72.0 Å². The van der Waals surface area contributed by atoms with Gasteiger partial charge in [0.1, 0.15) is 0 Å². The van der Waals surface area contributed by atoms with E-state index in [1.54, 1.807) is 13.2 Å². The average Bonchev–Trinajstić information content (AvgIpc) is 3.66. The minimum Gasteiger partial charge on any atom is -0.504 e. The van der Waals surface area contributed by atoms with Gasteiger partial charge in [-0.1, -0.05) is 13.0 Å². The summed E-state index contributed by atoms with van der Waals surface area (Å²) in [5.41, 5.74) is 0.301. The van der Waals surface area contributed by atoms with E-state index in [1.807, 2.05) is 6.07 Å². The third kappa shape index (κ3) is 3.73. The molecule has 0 radical (unpaired) electrons. The first kappa shape index (κ1) is 24.1. The normalized spacial score (nSPS) is 34.1. The SMILES string of the molecule is COC(=O)/C=C/C(=O)N[C@@H]1CC[C@@]2(O)[C@H]3Cc4ccc(O)c(OC)c4[C@@]2(CCN3CC2CC2)C1C. The summed E-state index contributed by atoms with van der Waals surface area (Å²) in [5.74, 6) is 0.141. The average molecular weight is 485 g/mol. The second-order valence-corrected chi connectivity index (χ2v) is 10.8. The molecular formula is C27H36N2O6. The van der Waals surface area contributed by atoms with Crippen molar-refractivity contribution in [3.05, 3.63) is 35.4 Å². The van der Waals surface area contributed by atoms with Gasteiger partial charge in [-0.2, -0.15) is 0 Å². The molecule has 1 amide bonds. The quantitative estimate of drug-likeness (QED) is 0.419. The lowest BCUT2D eigenvalue weighted by molar-refractivity contribution is -0.189. The molecule has 190 valence electrons. The number of hydrogen-bond acceptors (Lipinski definition) is 7. The van der Waals surface area contributed by atoms with E-state index in [1.165, 1.54) is 26.0 Å². The Morgan fingerprint density at radius 1 is 1.20 bits per heavy atom. The largest absolute Gasteiger partial charge is 0.504 e. The van der Waals surface area contributed by atoms with Gasteiger partial charge in [-0.15, -0.1) is 0 Å². The maximum Gasteiger partial charge on any atom is 0.330 e. The topological polar surface area (TPSA) is 108 Å². The van der Waals surface area contributed by atoms with E-state index < -0.39 is 17.0 Å². The minimum atomic E-state index is -1.00. The van der Waals surface area contributed by atoms with Crippen LogP contribution in [0.1, 0.15) is 50.2 Å². The van der Waals surface area contributed by atoms with Crippen LogP contribution in [0.2, 0.25) is 0 Å². The smallest absolute Gasteiger partial charge is 0.330 e. The lowest BCUT2D eigenvalue weighted by atomic mass is 9.45. The second kappa shape index (κ2) is 8.82. The monoisotopic (exact) mass is 484 g/mol. The summed E-state index contributed by atoms with van der Waals surface area (Å²) in [7, 11) is 2.83. The Bertz CT molecular complexity index is 1050. The Labute approximate surface area is 206 Å². The molecule has 35 heavy (non-hydrogen) atoms. The fourth-order valence-corrected chi connectivity index (χ4v) is 7.32. The van der Waals surface area contributed by atoms with Crippen LogP contribution < -0.4 is 10.1 Å². The van der Waals surface area contributed by atoms with Gasteiger partial charge in [0.25, 0.3) is 0 Å². The first-order valence-electron chi connectivity index (χ1n) is 12.7. The fourth-order valence-electron chi connectivity index (χ4n) is 7.32. The summed E-state index contributed by atoms with van der Waals surface area (Å²) in [6, 6.07) is 3.43. The molecule has 1 aromatic rings. The Kier molecular flexibility index (Phi) is 6.08. The standard InChI is InChI=1S/C27H36N2O6/c1-16-19(28-22(31)8-9-23(32)34-2)10-11-27(33)21-14-18-6-7-20(30)25(35-3)24(18)26(16,27)12-13-29(21)15-17-4-5-17/h6-9,16-17,19,21,30,33H,4-5,10-15H2,1-3H3,(H,28,31)/b9-8+/t16?,19-,21-,26-,27-/m1/s1. The van der Waals surface area contributed by atoms with E-state index in [2.05, 4.69) is 21.9 Å². The van der Waals surface area contributed by atoms with Gasteiger partial charge in [0.05, 0.1) is 19.8 Å². The third-order valence-electron chi connectivity index (χ3n) is 9.15. The van der Waals surface area contributed by atoms with Crippen LogP contribution in [0.3, 0.4) is 0 Å². The highest BCUT2D eigenvalue weighted by atomic mass is 16.5. The van der Waals surface area contributed by atoms with Gasteiger partial charge in [-0.05, 0) is 68.5 Å². The van der Waals surface area contributed by atoms with Crippen molar-refractivity contribution in [3.63, 3.8) is 0 Å². The second-order valence-electron chi connectivity index (χ2n) is 10.8. The molecule has 5 rings (SSSR count). The predicted molar refractivity (Wildman–Crippen MR) is 129 cm³/mol. The number of aromatic hydroxyl groups is 1. The van der Waals surface area contributed by atoms with Crippen LogP contribution >= 0.6 is 0 Å². The van der Waals surface area contributed by atoms with Crippen molar-refractivity contribution in [2.24, 2.45) is 11.8 Å². The molecule has 1 aromatic carbocycles. The molecule has 1 saturated heterocycles. The summed E-state index contributed by atoms with van der Waals surface area (Å²) in [4.78, 5) is 26.6. The molecule has 8 nitrogen and oxygen atoms in total. The van der Waals surface area contributed by atoms with E-state index in [-0.39, 0.29) is 29.7 Å². The number of hydrogen-bond donors (Lipinski definition) is 3. The van der Waals surface area contributed by atoms with Crippen LogP contribution in [-0.2, 0) is 26.2 Å². The Hall–Kier alpha value is -2.58. The van der Waals surface area contributed by atoms with Gasteiger partial charge >= 0.3 is 5.97 Å². The molecule has 4 aliphatic rings. The first-order chi connectivity index (χ1) is 16.7. The van der Waals surface area contributed by atoms with E-state index in [9.17, 15) is 19.8 Å². The summed E-state index contributed by atoms with van der Waals surface area (Å²) in [6.07, 6.45) is 7.41. The number of nitrogens with zero attached hydrogens (tertiary/aromatic N) is 1. The first-order valence-corrected chi connectivity index (χ1v) is 12.7. The maximum absolute atomic E-state index is 12.7. The highest BCUT2D eigenvalue weighted by Crippen LogP contribution is 2.63. The highest BCUT2D eigenvalue weighted by molar-refractivity contribution is 5.94. The molecule has 3 N–H and O–H groups in total. The Balaban J connectivity index is 1.56. The van der Waals surface area contributed by atoms with E-state index in [0.717, 1.165) is 36.2 Å². The number of likely N-dealkylation sites (tertiary alicyclic amines) is 1. The van der Waals surface area contributed by atoms with Crippen molar-refractivity contribution in [1.29, 1.82) is 0 Å². The molecule has 1 unspecified atom stereocenters. The lowest BCUT2D eigenvalue weighted by Crippen LogP contribution is -2.77. The summed E-state index contributed by atoms with van der Waals surface area (Å²) < 4.78 is 10.3. The van der Waals surface area contributed by atoms with Gasteiger partial charge in [0, 0.05) is 41.8 Å². The van der Waals surface area contributed by atoms with E-state index >= 15 is 0 Å². The van der Waals surface area contributed by atoms with Crippen molar-refractivity contribution in [1.82, 2.24) is 10.2 Å². The van der Waals surface area contributed by atoms with Gasteiger partial charge in [-0.25, -0.2) is 4.79 Å². The summed E-state index contributed by atoms with van der Waals surface area (Å²) in [5, 5.41) is 26.4. The number of carbonyl (C=O) groups excluding carboxylic acids is 2. The molecule has 1 aliphatic heterocycles. The van der Waals surface area contributed by atoms with Crippen LogP contribution in [0.15, 0.2) is 24.3 Å². The van der Waals surface area contributed by atoms with Crippen LogP contribution in [0, 0.1) is 11.8 Å². The zero-order chi connectivity index (χ0) is 25.0. The number of fused-ring (bicyclic) bond motifs is 1. The minimum absolute atomic E-state index is 0.0167. The van der Waals surface area contributed by atoms with Gasteiger partial charge in [0.15, 0.2) is 11.5 Å². The number of piperidine rings is 1. The predicted octanol–water partition coefficient (Wildman–Crippen LogP) is 2.05. The molecule has 2 saturated carbocycles. The molecule has 1 heterocycles. The number of aliphatic hydroxyl groups is 1. The molecule has 3 aliphatic carbocycles. The number of amides is 1. The number of esters is 1. The van der Waals surface area contributed by atoms with Crippen molar-refractivity contribution in [3.8, 4) is 11.5 Å². The van der Waals surface area contributed by atoms with Crippen LogP contribution in [0.25, 0.3) is 0 Å². The van der Waals surface area contributed by atoms with Crippen molar-refractivity contribution >= 4 is 11.9 Å². The van der Waals surface area contributed by atoms with Crippen molar-refractivity contribution < 1.29 is 29.3 Å². The number of ether oxygens (including phenoxy) is 2. The molecular weight excluding hydrogens is 448 g/mol. The zero-order valence-electron chi connectivity index (χ0n) is 20.8. The number of rotatable bonds is 6. The van der Waals surface area contributed by atoms with Gasteiger partial charge in [-0.3, -0.25) is 9.69 Å². The Morgan fingerprint density at radius 2 is 1.97 bits per heavy atom. The molecule has 2 bridgehead atoms. The highest BCUT2D eigenvalue weighted by Gasteiger charge is 2.68. The molecule has 0 spiro atoms. The number of carbonyl (C=O) groups is 2. The van der Waals surface area contributed by atoms with E-state index in [4.69, 9.17) is 4.74 Å². The van der Waals surface area contributed by atoms with Crippen molar-refractivity contribution in [2.45, 2.75) is 68.5 Å².